The van der Waals surface area contributed by atoms with Gasteiger partial charge in [0.2, 0.25) is 5.95 Å². The van der Waals surface area contributed by atoms with E-state index in [4.69, 9.17) is 9.97 Å². The maximum Gasteiger partial charge on any atom is 0.208 e. The molecule has 56 heavy (non-hydrogen) atoms. The topological polar surface area (TPSA) is 70.3 Å². The van der Waals surface area contributed by atoms with Gasteiger partial charge in [0.25, 0.3) is 0 Å². The predicted octanol–water partition coefficient (Wildman–Crippen LogP) is 8.55. The molecule has 5 aromatic rings. The second kappa shape index (κ2) is 14.8. The van der Waals surface area contributed by atoms with Gasteiger partial charge in [-0.3, -0.25) is 14.6 Å². The number of benzene rings is 2. The van der Waals surface area contributed by atoms with Gasteiger partial charge >= 0.3 is 0 Å². The summed E-state index contributed by atoms with van der Waals surface area (Å²) in [6, 6.07) is 15.7. The number of rotatable bonds is 5. The van der Waals surface area contributed by atoms with E-state index >= 15 is 0 Å². The van der Waals surface area contributed by atoms with Crippen LogP contribution >= 0.6 is 0 Å². The van der Waals surface area contributed by atoms with E-state index in [9.17, 15) is 8.78 Å². The number of aromatic nitrogens is 5. The van der Waals surface area contributed by atoms with Crippen LogP contribution in [0.5, 0.6) is 0 Å². The molecule has 9 nitrogen and oxygen atoms in total. The smallest absolute Gasteiger partial charge is 0.208 e. The third-order valence-electron chi connectivity index (χ3n) is 12.8. The highest BCUT2D eigenvalue weighted by molar-refractivity contribution is 5.83. The van der Waals surface area contributed by atoms with Gasteiger partial charge in [-0.05, 0) is 93.3 Å². The van der Waals surface area contributed by atoms with Crippen LogP contribution in [0.15, 0.2) is 73.6 Å². The second-order valence-corrected chi connectivity index (χ2v) is 16.9. The molecule has 292 valence electrons. The number of nitrogens with one attached hydrogen (secondary N) is 1. The number of nitrogens with zero attached hydrogens (tertiary/aromatic N) is 8. The zero-order valence-corrected chi connectivity index (χ0v) is 32.9. The van der Waals surface area contributed by atoms with Gasteiger partial charge in [0.1, 0.15) is 11.6 Å². The molecule has 1 N–H and O–H groups in total. The maximum absolute atomic E-state index is 14.0. The van der Waals surface area contributed by atoms with Crippen molar-refractivity contribution in [3.63, 3.8) is 0 Å². The van der Waals surface area contributed by atoms with E-state index in [0.717, 1.165) is 129 Å². The number of hydrogen-bond acceptors (Lipinski definition) is 7. The molecular formula is C45H53F2N9. The summed E-state index contributed by atoms with van der Waals surface area (Å²) >= 11 is 0. The zero-order chi connectivity index (χ0) is 38.7. The zero-order valence-electron chi connectivity index (χ0n) is 32.9. The minimum atomic E-state index is -0.530. The number of aryl methyl sites for hydroxylation is 2. The molecule has 4 bridgehead atoms. The van der Waals surface area contributed by atoms with E-state index in [2.05, 4.69) is 80.1 Å². The molecule has 0 aliphatic carbocycles. The summed E-state index contributed by atoms with van der Waals surface area (Å²) in [5.74, 6) is 0.505. The number of imidazole rings is 1. The largest absolute Gasteiger partial charge is 0.371 e. The van der Waals surface area contributed by atoms with Gasteiger partial charge < -0.3 is 19.7 Å². The standard InChI is InChI=1S/C45H53F2N9/c1-28-8-6-7-9-43-40(22-48-52(43)5)42-18-34(16-29(2)49-42)30(3)50-45-51-41-13-10-32(17-44(41)56(45)23-28)24-54-26-38-12-11-37(54)27-55(38)31(4)33-14-15-53(25-33)39-20-35(46)19-36(47)21-39/h10,13,16-22,28,33,37-38H,3-4,6-9,11-12,14-15,23-27H2,1-2,5H3,(H,50,51)/t28-,33?,37?,38?/m1/s1. The van der Waals surface area contributed by atoms with Gasteiger partial charge in [0.05, 0.1) is 22.9 Å². The van der Waals surface area contributed by atoms with Gasteiger partial charge in [-0.1, -0.05) is 32.6 Å². The van der Waals surface area contributed by atoms with Crippen molar-refractivity contribution in [3.05, 3.63) is 108 Å². The Labute approximate surface area is 328 Å². The van der Waals surface area contributed by atoms with E-state index in [1.54, 1.807) is 0 Å². The normalized spacial score (nSPS) is 23.1. The molecule has 4 fully saturated rings. The van der Waals surface area contributed by atoms with Gasteiger partial charge in [0.15, 0.2) is 0 Å². The van der Waals surface area contributed by atoms with Crippen LogP contribution in [0.2, 0.25) is 0 Å². The molecule has 4 atom stereocenters. The minimum Gasteiger partial charge on any atom is -0.371 e. The van der Waals surface area contributed by atoms with Crippen LogP contribution < -0.4 is 10.2 Å². The molecule has 5 aliphatic rings. The Balaban J connectivity index is 0.925. The fraction of sp³-hybridized carbons (Fsp3) is 0.444. The number of fused-ring (bicyclic) bond motifs is 10. The molecule has 3 unspecified atom stereocenters. The summed E-state index contributed by atoms with van der Waals surface area (Å²) < 4.78 is 32.3. The second-order valence-electron chi connectivity index (χ2n) is 16.9. The van der Waals surface area contributed by atoms with Crippen molar-refractivity contribution in [1.82, 2.24) is 34.1 Å². The summed E-state index contributed by atoms with van der Waals surface area (Å²) in [5.41, 5.74) is 11.2. The van der Waals surface area contributed by atoms with E-state index < -0.39 is 11.6 Å². The summed E-state index contributed by atoms with van der Waals surface area (Å²) in [5, 5.41) is 8.24. The Morgan fingerprint density at radius 1 is 0.911 bits per heavy atom. The van der Waals surface area contributed by atoms with Crippen LogP contribution in [-0.2, 0) is 26.6 Å². The van der Waals surface area contributed by atoms with Crippen molar-refractivity contribution in [2.45, 2.75) is 84.0 Å². The van der Waals surface area contributed by atoms with Gasteiger partial charge in [-0.25, -0.2) is 13.8 Å². The Kier molecular flexibility index (Phi) is 9.68. The third-order valence-corrected chi connectivity index (χ3v) is 12.8. The molecule has 5 aliphatic heterocycles. The lowest BCUT2D eigenvalue weighted by Gasteiger charge is -2.53. The molecule has 4 saturated heterocycles. The first-order chi connectivity index (χ1) is 27.1. The van der Waals surface area contributed by atoms with Crippen molar-refractivity contribution in [1.29, 1.82) is 0 Å². The molecule has 2 aromatic carbocycles. The van der Waals surface area contributed by atoms with Crippen molar-refractivity contribution < 1.29 is 8.78 Å². The predicted molar refractivity (Wildman–Crippen MR) is 220 cm³/mol. The number of hydrogen-bond donors (Lipinski definition) is 1. The van der Waals surface area contributed by atoms with Crippen LogP contribution in [0.4, 0.5) is 20.4 Å². The molecule has 0 amide bonds. The van der Waals surface area contributed by atoms with Gasteiger partial charge in [0, 0.05) is 110 Å². The monoisotopic (exact) mass is 757 g/mol. The summed E-state index contributed by atoms with van der Waals surface area (Å²) in [6.07, 6.45) is 9.56. The average molecular weight is 758 g/mol. The van der Waals surface area contributed by atoms with E-state index in [1.807, 2.05) is 24.9 Å². The quantitative estimate of drug-likeness (QED) is 0.193. The molecular weight excluding hydrogens is 705 g/mol. The lowest BCUT2D eigenvalue weighted by atomic mass is 9.88. The SMILES string of the molecule is C=C1Nc2nc3ccc(CN4CC5CCC4CN5C(=C)C4CCN(c5cc(F)cc(F)c5)C4)cc3n2C[C@H](C)CCCCc2c(cnn2C)-c2cc1cc(C)n2. The first-order valence-corrected chi connectivity index (χ1v) is 20.4. The number of anilines is 2. The fourth-order valence-electron chi connectivity index (χ4n) is 9.82. The molecule has 11 heteroatoms. The van der Waals surface area contributed by atoms with Crippen LogP contribution in [0.1, 0.15) is 68.0 Å². The molecule has 0 saturated carbocycles. The summed E-state index contributed by atoms with van der Waals surface area (Å²) in [4.78, 5) is 17.4. The first-order valence-electron chi connectivity index (χ1n) is 20.4. The molecule has 8 heterocycles. The van der Waals surface area contributed by atoms with Crippen molar-refractivity contribution >= 4 is 28.4 Å². The van der Waals surface area contributed by atoms with Crippen molar-refractivity contribution in [2.75, 3.05) is 36.4 Å². The van der Waals surface area contributed by atoms with E-state index in [1.165, 1.54) is 35.5 Å². The highest BCUT2D eigenvalue weighted by Gasteiger charge is 2.41. The van der Waals surface area contributed by atoms with Crippen LogP contribution in [0.25, 0.3) is 28.0 Å². The molecule has 3 aromatic heterocycles. The number of piperazine rings is 1. The van der Waals surface area contributed by atoms with E-state index in [-0.39, 0.29) is 5.92 Å². The lowest BCUT2D eigenvalue weighted by molar-refractivity contribution is -0.0112. The fourth-order valence-corrected chi connectivity index (χ4v) is 9.82. The van der Waals surface area contributed by atoms with Crippen molar-refractivity contribution in [3.8, 4) is 11.3 Å². The van der Waals surface area contributed by atoms with Crippen molar-refractivity contribution in [2.24, 2.45) is 18.9 Å². The van der Waals surface area contributed by atoms with Crippen LogP contribution in [-0.4, -0.2) is 72.4 Å². The van der Waals surface area contributed by atoms with E-state index in [0.29, 0.717) is 23.7 Å². The third kappa shape index (κ3) is 7.10. The maximum atomic E-state index is 14.0. The Morgan fingerprint density at radius 2 is 1.73 bits per heavy atom. The number of piperidine rings is 2. The number of halogens is 2. The lowest BCUT2D eigenvalue weighted by Crippen LogP contribution is -2.62. The Morgan fingerprint density at radius 3 is 2.54 bits per heavy atom. The highest BCUT2D eigenvalue weighted by atomic mass is 19.1. The Bertz CT molecular complexity index is 2290. The first kappa shape index (κ1) is 36.6. The molecule has 0 radical (unpaired) electrons. The summed E-state index contributed by atoms with van der Waals surface area (Å²) in [6.45, 7) is 18.7. The van der Waals surface area contributed by atoms with Crippen LogP contribution in [0, 0.1) is 30.4 Å². The number of pyridine rings is 1. The highest BCUT2D eigenvalue weighted by Crippen LogP contribution is 2.38. The summed E-state index contributed by atoms with van der Waals surface area (Å²) in [7, 11) is 2.03. The minimum absolute atomic E-state index is 0.281. The average Bonchev–Trinajstić information content (AvgIpc) is 3.90. The van der Waals surface area contributed by atoms with Gasteiger partial charge in [-0.15, -0.1) is 0 Å². The molecule has 10 rings (SSSR count). The Hall–Kier alpha value is -5.03. The molecule has 0 spiro atoms. The van der Waals surface area contributed by atoms with Gasteiger partial charge in [-0.2, -0.15) is 5.10 Å². The van der Waals surface area contributed by atoms with Crippen LogP contribution in [0.3, 0.4) is 0 Å².